The third-order valence-corrected chi connectivity index (χ3v) is 8.62. The van der Waals surface area contributed by atoms with Gasteiger partial charge in [0, 0.05) is 12.4 Å². The van der Waals surface area contributed by atoms with Crippen LogP contribution in [0.25, 0.3) is 0 Å². The van der Waals surface area contributed by atoms with E-state index in [0.29, 0.717) is 5.41 Å². The van der Waals surface area contributed by atoms with Crippen LogP contribution < -0.4 is 5.32 Å². The summed E-state index contributed by atoms with van der Waals surface area (Å²) in [5, 5.41) is 2.92. The van der Waals surface area contributed by atoms with E-state index in [1.54, 1.807) is 12.8 Å². The van der Waals surface area contributed by atoms with Crippen LogP contribution in [0.2, 0.25) is 0 Å². The monoisotopic (exact) mass is 351 g/mol. The first-order chi connectivity index (χ1) is 12.6. The first-order valence-electron chi connectivity index (χ1n) is 11.1. The fraction of sp³-hybridized carbons (Fsp3) is 0.680. The van der Waals surface area contributed by atoms with Crippen LogP contribution in [0.15, 0.2) is 48.9 Å². The average Bonchev–Trinajstić information content (AvgIpc) is 2.85. The van der Waals surface area contributed by atoms with E-state index >= 15 is 0 Å². The zero-order valence-corrected chi connectivity index (χ0v) is 16.8. The average molecular weight is 352 g/mol. The molecule has 1 aliphatic heterocycles. The van der Waals surface area contributed by atoms with Crippen LogP contribution in [0.5, 0.6) is 0 Å². The molecule has 1 heterocycles. The van der Waals surface area contributed by atoms with Gasteiger partial charge in [-0.15, -0.1) is 0 Å². The van der Waals surface area contributed by atoms with E-state index in [-0.39, 0.29) is 0 Å². The lowest BCUT2D eigenvalue weighted by atomic mass is 9.46. The fourth-order valence-electron chi connectivity index (χ4n) is 7.22. The number of fused-ring (bicyclic) bond motifs is 5. The fourth-order valence-corrected chi connectivity index (χ4v) is 7.22. The van der Waals surface area contributed by atoms with Gasteiger partial charge >= 0.3 is 0 Å². The maximum atomic E-state index is 2.92. The van der Waals surface area contributed by atoms with E-state index in [1.165, 1.54) is 44.9 Å². The molecule has 0 saturated heterocycles. The molecule has 0 aromatic heterocycles. The van der Waals surface area contributed by atoms with Crippen molar-refractivity contribution in [1.82, 2.24) is 5.32 Å². The Morgan fingerprint density at radius 2 is 1.62 bits per heavy atom. The third-order valence-electron chi connectivity index (χ3n) is 8.62. The minimum absolute atomic E-state index is 0.561. The summed E-state index contributed by atoms with van der Waals surface area (Å²) < 4.78 is 0. The van der Waals surface area contributed by atoms with Crippen molar-refractivity contribution in [1.29, 1.82) is 0 Å². The number of rotatable bonds is 0. The van der Waals surface area contributed by atoms with Crippen molar-refractivity contribution in [3.05, 3.63) is 48.9 Å². The third kappa shape index (κ3) is 3.23. The summed E-state index contributed by atoms with van der Waals surface area (Å²) in [5.74, 6) is 4.15. The van der Waals surface area contributed by atoms with Crippen molar-refractivity contribution in [2.45, 2.75) is 71.6 Å². The lowest BCUT2D eigenvalue weighted by Crippen LogP contribution is -2.50. The molecule has 1 unspecified atom stereocenters. The topological polar surface area (TPSA) is 12.0 Å². The number of allylic oxidation sites excluding steroid dienone is 6. The van der Waals surface area contributed by atoms with E-state index in [2.05, 4.69) is 31.3 Å². The normalized spacial score (nSPS) is 45.5. The summed E-state index contributed by atoms with van der Waals surface area (Å²) in [6, 6.07) is 0. The molecule has 1 N–H and O–H groups in total. The van der Waals surface area contributed by atoms with Gasteiger partial charge in [-0.3, -0.25) is 0 Å². The second-order valence-corrected chi connectivity index (χ2v) is 9.85. The van der Waals surface area contributed by atoms with Crippen molar-refractivity contribution in [3.8, 4) is 0 Å². The summed E-state index contributed by atoms with van der Waals surface area (Å²) >= 11 is 0. The molecule has 0 aromatic carbocycles. The number of hydrogen-bond donors (Lipinski definition) is 1. The maximum Gasteiger partial charge on any atom is 0.000442 e. The molecular weight excluding hydrogens is 314 g/mol. The lowest BCUT2D eigenvalue weighted by Gasteiger charge is -2.58. The highest BCUT2D eigenvalue weighted by molar-refractivity contribution is 5.15. The van der Waals surface area contributed by atoms with Crippen LogP contribution in [-0.4, -0.2) is 0 Å². The Morgan fingerprint density at radius 3 is 2.42 bits per heavy atom. The number of nitrogens with one attached hydrogen (secondary N) is 1. The Hall–Kier alpha value is -1.24. The minimum Gasteiger partial charge on any atom is -0.368 e. The zero-order valence-electron chi connectivity index (χ0n) is 16.8. The van der Waals surface area contributed by atoms with Gasteiger partial charge in [0.1, 0.15) is 0 Å². The molecule has 5 aliphatic rings. The Labute approximate surface area is 160 Å². The van der Waals surface area contributed by atoms with Gasteiger partial charge in [0.15, 0.2) is 0 Å². The molecule has 0 amide bonds. The van der Waals surface area contributed by atoms with Crippen molar-refractivity contribution in [2.24, 2.45) is 34.5 Å². The molecular formula is C25H37N. The standard InChI is InChI=1S/C19H30.C6H7N/c1-18-11-5-7-16(18)15-9-8-14-6-3-4-12-19(14,2)17(15)10-13-18;1-2-4-6-7-5-3-1/h4,12,14-17H,3,5-11,13H2,1-2H3;1-7H/t14?,15-,16-,17-,18-,19-;/m0./s1. The number of hydrogen-bond acceptors (Lipinski definition) is 1. The second-order valence-electron chi connectivity index (χ2n) is 9.85. The maximum absolute atomic E-state index is 2.92. The summed E-state index contributed by atoms with van der Waals surface area (Å²) in [5.41, 5.74) is 1.29. The van der Waals surface area contributed by atoms with Gasteiger partial charge in [-0.25, -0.2) is 0 Å². The van der Waals surface area contributed by atoms with Crippen LogP contribution >= 0.6 is 0 Å². The van der Waals surface area contributed by atoms with Crippen LogP contribution in [-0.2, 0) is 0 Å². The summed E-state index contributed by atoms with van der Waals surface area (Å²) in [4.78, 5) is 0. The Balaban J connectivity index is 0.000000204. The molecule has 6 atom stereocenters. The van der Waals surface area contributed by atoms with Crippen LogP contribution in [0.1, 0.15) is 71.6 Å². The highest BCUT2D eigenvalue weighted by Crippen LogP contribution is 2.65. The molecule has 4 aliphatic carbocycles. The van der Waals surface area contributed by atoms with Crippen molar-refractivity contribution < 1.29 is 0 Å². The SMILES string of the molecule is C1=CC=CNC=C1.C[C@@]12CCC[C@H]1[C@@H]1CCC3CCC=C[C@]3(C)[C@H]1CC2. The van der Waals surface area contributed by atoms with E-state index in [9.17, 15) is 0 Å². The summed E-state index contributed by atoms with van der Waals surface area (Å²) in [7, 11) is 0. The highest BCUT2D eigenvalue weighted by atomic mass is 14.8. The largest absolute Gasteiger partial charge is 0.368 e. The Kier molecular flexibility index (Phi) is 5.17. The molecule has 0 aromatic rings. The van der Waals surface area contributed by atoms with Crippen molar-refractivity contribution in [3.63, 3.8) is 0 Å². The smallest absolute Gasteiger partial charge is 0.000442 e. The molecule has 3 fully saturated rings. The Morgan fingerprint density at radius 1 is 0.808 bits per heavy atom. The molecule has 26 heavy (non-hydrogen) atoms. The lowest BCUT2D eigenvalue weighted by molar-refractivity contribution is -0.0679. The van der Waals surface area contributed by atoms with Gasteiger partial charge in [-0.1, -0.05) is 44.6 Å². The molecule has 142 valence electrons. The first-order valence-corrected chi connectivity index (χ1v) is 11.1. The predicted molar refractivity (Wildman–Crippen MR) is 111 cm³/mol. The molecule has 5 rings (SSSR count). The van der Waals surface area contributed by atoms with Crippen molar-refractivity contribution >= 4 is 0 Å². The van der Waals surface area contributed by atoms with E-state index in [1.807, 2.05) is 36.7 Å². The Bertz CT molecular complexity index is 598. The second kappa shape index (κ2) is 7.41. The van der Waals surface area contributed by atoms with Gasteiger partial charge in [-0.05, 0) is 98.0 Å². The van der Waals surface area contributed by atoms with Crippen LogP contribution in [0.3, 0.4) is 0 Å². The minimum atomic E-state index is 0.561. The predicted octanol–water partition coefficient (Wildman–Crippen LogP) is 6.76. The van der Waals surface area contributed by atoms with Gasteiger partial charge in [0.2, 0.25) is 0 Å². The van der Waals surface area contributed by atoms with Gasteiger partial charge in [-0.2, -0.15) is 0 Å². The summed E-state index contributed by atoms with van der Waals surface area (Å²) in [6.45, 7) is 5.23. The molecule has 1 heteroatoms. The molecule has 0 bridgehead atoms. The van der Waals surface area contributed by atoms with Gasteiger partial charge in [0.25, 0.3) is 0 Å². The highest BCUT2D eigenvalue weighted by Gasteiger charge is 2.56. The quantitative estimate of drug-likeness (QED) is 0.475. The molecule has 1 nitrogen and oxygen atoms in total. The van der Waals surface area contributed by atoms with Gasteiger partial charge < -0.3 is 5.32 Å². The van der Waals surface area contributed by atoms with E-state index < -0.39 is 0 Å². The molecule has 0 spiro atoms. The summed E-state index contributed by atoms with van der Waals surface area (Å²) in [6.07, 6.45) is 30.2. The van der Waals surface area contributed by atoms with Crippen molar-refractivity contribution in [2.75, 3.05) is 0 Å². The van der Waals surface area contributed by atoms with E-state index in [4.69, 9.17) is 0 Å². The van der Waals surface area contributed by atoms with E-state index in [0.717, 1.165) is 29.1 Å². The molecule has 0 radical (unpaired) electrons. The van der Waals surface area contributed by atoms with Gasteiger partial charge in [0.05, 0.1) is 0 Å². The molecule has 3 saturated carbocycles. The first kappa shape index (κ1) is 18.1. The zero-order chi connectivity index (χ0) is 18.0. The van der Waals surface area contributed by atoms with Crippen LogP contribution in [0.4, 0.5) is 0 Å². The van der Waals surface area contributed by atoms with Crippen LogP contribution in [0, 0.1) is 34.5 Å².